The van der Waals surface area contributed by atoms with Gasteiger partial charge in [-0.25, -0.2) is 29.5 Å². The maximum absolute atomic E-state index is 13.9. The fraction of sp³-hybridized carbons (Fsp3) is 0.309. The standard InChI is InChI=1S/C37H40Cl2N8O3.C31H32N6O2/c1-43-17-19-45(20-18-43)25-13-15-46(16-14-25)35(48)24-11-12-30(33(21-24)50-3)41-36-40-22-32-34(42-36)26-7-4-5-10-31(26)47(37(49)44(32)2)23-27-28(38)8-6-9-29(27)39;1-21-7-3-4-8-22(21)20-37-27-10-6-5-9-26(27)29-28(35(2)31(37)39)19-32-30(34-29)33-23-11-13-24(14-12-23)36-17-15-25(38)16-18-36/h4-12,21-22,25H,13-20,23H2,1-3H3,(H,40,41,42);3-14,19,25,38H,15-18,20H2,1-2H3,(H,32,33,34). The SMILES string of the molecule is COc1cc(C(=O)N2CCC(N3CCN(C)CC3)CC2)ccc1Nc1ncc2c(n1)-c1ccccc1N(Cc1c(Cl)cccc1Cl)C(=O)N2C.Cc1ccccc1CN1C(=O)N(C)c2cnc(Nc3ccc(N4CCC(O)CC4)cc3)nc2-c2ccccc21. The van der Waals surface area contributed by atoms with Gasteiger partial charge in [0.05, 0.1) is 67.1 Å². The number of rotatable bonds is 12. The lowest BCUT2D eigenvalue weighted by atomic mass is 10.0. The van der Waals surface area contributed by atoms with Gasteiger partial charge in [-0.15, -0.1) is 0 Å². The first-order valence-electron chi connectivity index (χ1n) is 30.2. The Morgan fingerprint density at radius 2 is 1.18 bits per heavy atom. The maximum atomic E-state index is 13.9. The van der Waals surface area contributed by atoms with Crippen LogP contribution in [0.2, 0.25) is 10.0 Å². The van der Waals surface area contributed by atoms with E-state index < -0.39 is 0 Å². The smallest absolute Gasteiger partial charge is 0.329 e. The summed E-state index contributed by atoms with van der Waals surface area (Å²) in [5.74, 6) is 1.27. The summed E-state index contributed by atoms with van der Waals surface area (Å²) >= 11 is 13.0. The van der Waals surface area contributed by atoms with Gasteiger partial charge in [-0.1, -0.05) is 89.9 Å². The van der Waals surface area contributed by atoms with Crippen molar-refractivity contribution in [2.75, 3.05) is 116 Å². The van der Waals surface area contributed by atoms with E-state index in [-0.39, 0.29) is 30.6 Å². The van der Waals surface area contributed by atoms with Crippen molar-refractivity contribution in [3.8, 4) is 28.3 Å². The first kappa shape index (κ1) is 60.4. The summed E-state index contributed by atoms with van der Waals surface area (Å²) in [4.78, 5) is 75.9. The molecule has 0 radical (unpaired) electrons. The molecule has 19 nitrogen and oxygen atoms in total. The number of piperazine rings is 1. The summed E-state index contributed by atoms with van der Waals surface area (Å²) in [7, 11) is 7.21. The van der Waals surface area contributed by atoms with Crippen LogP contribution in [0.1, 0.15) is 52.7 Å². The van der Waals surface area contributed by atoms with Crippen LogP contribution >= 0.6 is 23.2 Å². The molecule has 0 spiro atoms. The number of nitrogens with zero attached hydrogens (tertiary/aromatic N) is 12. The Labute approximate surface area is 529 Å². The second kappa shape index (κ2) is 26.5. The molecule has 0 atom stereocenters. The Bertz CT molecular complexity index is 3890. The van der Waals surface area contributed by atoms with Crippen LogP contribution in [0, 0.1) is 6.92 Å². The molecule has 5 aliphatic rings. The topological polar surface area (TPSA) is 182 Å². The average Bonchev–Trinajstić information content (AvgIpc) is 1.84. The third-order valence-electron chi connectivity index (χ3n) is 17.6. The number of aliphatic hydroxyl groups is 1. The van der Waals surface area contributed by atoms with E-state index in [1.165, 1.54) is 4.90 Å². The number of carbonyl (C=O) groups excluding carboxylic acids is 3. The lowest BCUT2D eigenvalue weighted by molar-refractivity contribution is 0.0518. The maximum Gasteiger partial charge on any atom is 0.329 e. The summed E-state index contributed by atoms with van der Waals surface area (Å²) in [6.45, 7) is 10.3. The Balaban J connectivity index is 0.000000178. The van der Waals surface area contributed by atoms with E-state index in [1.54, 1.807) is 67.7 Å². The number of nitrogens with one attached hydrogen (secondary N) is 2. The van der Waals surface area contributed by atoms with E-state index in [1.807, 2.05) is 94.7 Å². The van der Waals surface area contributed by atoms with Crippen molar-refractivity contribution in [2.24, 2.45) is 0 Å². The molecule has 3 saturated heterocycles. The molecule has 3 N–H and O–H groups in total. The van der Waals surface area contributed by atoms with E-state index in [2.05, 4.69) is 73.5 Å². The zero-order valence-electron chi connectivity index (χ0n) is 50.6. The highest BCUT2D eigenvalue weighted by Crippen LogP contribution is 2.44. The van der Waals surface area contributed by atoms with Crippen molar-refractivity contribution in [2.45, 2.75) is 57.8 Å². The third kappa shape index (κ3) is 12.9. The van der Waals surface area contributed by atoms with Crippen LogP contribution in [0.5, 0.6) is 5.75 Å². The van der Waals surface area contributed by atoms with Crippen molar-refractivity contribution in [3.63, 3.8) is 0 Å². The number of para-hydroxylation sites is 2. The van der Waals surface area contributed by atoms with Gasteiger partial charge in [0.1, 0.15) is 17.1 Å². The number of likely N-dealkylation sites (tertiary alicyclic amines) is 1. The molecule has 8 aromatic rings. The number of fused-ring (bicyclic) bond motifs is 6. The number of urea groups is 2. The van der Waals surface area contributed by atoms with Crippen LogP contribution in [0.15, 0.2) is 146 Å². The number of hydrogen-bond acceptors (Lipinski definition) is 14. The van der Waals surface area contributed by atoms with E-state index in [4.69, 9.17) is 37.9 Å². The van der Waals surface area contributed by atoms with E-state index >= 15 is 0 Å². The number of methoxy groups -OCH3 is 1. The van der Waals surface area contributed by atoms with Gasteiger partial charge in [-0.2, -0.15) is 0 Å². The van der Waals surface area contributed by atoms with Crippen LogP contribution in [-0.2, 0) is 13.1 Å². The highest BCUT2D eigenvalue weighted by Gasteiger charge is 2.35. The average molecular weight is 1240 g/mol. The molecule has 89 heavy (non-hydrogen) atoms. The van der Waals surface area contributed by atoms with Crippen LogP contribution in [0.25, 0.3) is 22.5 Å². The van der Waals surface area contributed by atoms with Gasteiger partial charge in [-0.05, 0) is 118 Å². The Morgan fingerprint density at radius 3 is 1.78 bits per heavy atom. The molecule has 5 aliphatic heterocycles. The third-order valence-corrected chi connectivity index (χ3v) is 18.3. The quantitative estimate of drug-likeness (QED) is 0.105. The summed E-state index contributed by atoms with van der Waals surface area (Å²) in [5, 5.41) is 17.4. The largest absolute Gasteiger partial charge is 0.495 e. The summed E-state index contributed by atoms with van der Waals surface area (Å²) in [5.41, 5.74) is 11.7. The van der Waals surface area contributed by atoms with Gasteiger partial charge in [0.15, 0.2) is 0 Å². The molecular weight excluding hydrogens is 1160 g/mol. The number of anilines is 9. The molecule has 0 bridgehead atoms. The van der Waals surface area contributed by atoms with Crippen LogP contribution in [-0.4, -0.2) is 150 Å². The second-order valence-electron chi connectivity index (χ2n) is 23.2. The summed E-state index contributed by atoms with van der Waals surface area (Å²) in [6, 6.07) is 42.6. The van der Waals surface area contributed by atoms with E-state index in [0.29, 0.717) is 85.5 Å². The first-order chi connectivity index (χ1) is 43.2. The van der Waals surface area contributed by atoms with Gasteiger partial charge in [0.25, 0.3) is 5.91 Å². The molecule has 21 heteroatoms. The molecule has 0 unspecified atom stereocenters. The van der Waals surface area contributed by atoms with Crippen LogP contribution < -0.4 is 39.9 Å². The minimum atomic E-state index is -0.276. The number of carbonyl (C=O) groups is 3. The predicted molar refractivity (Wildman–Crippen MR) is 354 cm³/mol. The van der Waals surface area contributed by atoms with E-state index in [9.17, 15) is 19.5 Å². The van der Waals surface area contributed by atoms with E-state index in [0.717, 1.165) is 117 Å². The number of amides is 5. The van der Waals surface area contributed by atoms with Gasteiger partial charge >= 0.3 is 12.1 Å². The highest BCUT2D eigenvalue weighted by atomic mass is 35.5. The van der Waals surface area contributed by atoms with Crippen molar-refractivity contribution in [3.05, 3.63) is 178 Å². The number of aromatic nitrogens is 4. The molecule has 6 aromatic carbocycles. The van der Waals surface area contributed by atoms with Gasteiger partial charge in [0.2, 0.25) is 11.9 Å². The molecule has 0 saturated carbocycles. The molecule has 458 valence electrons. The number of benzene rings is 6. The van der Waals surface area contributed by atoms with Crippen LogP contribution in [0.3, 0.4) is 0 Å². The number of halogens is 2. The lowest BCUT2D eigenvalue weighted by Crippen LogP contribution is -2.52. The van der Waals surface area contributed by atoms with Crippen LogP contribution in [0.4, 0.5) is 61.3 Å². The van der Waals surface area contributed by atoms with Crippen molar-refractivity contribution < 1.29 is 24.2 Å². The predicted octanol–water partition coefficient (Wildman–Crippen LogP) is 12.4. The Hall–Kier alpha value is -8.85. The zero-order valence-corrected chi connectivity index (χ0v) is 52.1. The molecule has 2 aromatic heterocycles. The number of likely N-dealkylation sites (N-methyl/N-ethyl adjacent to an activating group) is 1. The lowest BCUT2D eigenvalue weighted by Gasteiger charge is -2.42. The Morgan fingerprint density at radius 1 is 0.618 bits per heavy atom. The van der Waals surface area contributed by atoms with Gasteiger partial charge in [-0.3, -0.25) is 29.3 Å². The first-order valence-corrected chi connectivity index (χ1v) is 30.9. The minimum absolute atomic E-state index is 0.0000912. The molecule has 7 heterocycles. The minimum Gasteiger partial charge on any atom is -0.495 e. The number of hydrogen-bond donors (Lipinski definition) is 3. The van der Waals surface area contributed by atoms with Gasteiger partial charge < -0.3 is 35.2 Å². The number of piperidine rings is 2. The summed E-state index contributed by atoms with van der Waals surface area (Å²) in [6.07, 6.45) is 6.70. The molecule has 0 aliphatic carbocycles. The van der Waals surface area contributed by atoms with Gasteiger partial charge in [0, 0.05) is 116 Å². The molecule has 13 rings (SSSR count). The number of ether oxygens (including phenoxy) is 1. The zero-order chi connectivity index (χ0) is 61.9. The molecule has 3 fully saturated rings. The monoisotopic (exact) mass is 1230 g/mol. The Kier molecular flexibility index (Phi) is 18.0. The van der Waals surface area contributed by atoms with Crippen molar-refractivity contribution >= 4 is 92.9 Å². The van der Waals surface area contributed by atoms with Crippen molar-refractivity contribution in [1.29, 1.82) is 0 Å². The summed E-state index contributed by atoms with van der Waals surface area (Å²) < 4.78 is 5.73. The highest BCUT2D eigenvalue weighted by molar-refractivity contribution is 6.36. The normalized spacial score (nSPS) is 16.5. The molecular formula is C68H72Cl2N14O5. The fourth-order valence-corrected chi connectivity index (χ4v) is 12.8. The second-order valence-corrected chi connectivity index (χ2v) is 24.0. The fourth-order valence-electron chi connectivity index (χ4n) is 12.3. The van der Waals surface area contributed by atoms with Crippen molar-refractivity contribution in [1.82, 2.24) is 34.6 Å². The number of aryl methyl sites for hydroxylation is 1. The molecule has 5 amide bonds. The number of aliphatic hydroxyl groups excluding tert-OH is 1.